The van der Waals surface area contributed by atoms with Gasteiger partial charge in [0.1, 0.15) is 6.10 Å². The second kappa shape index (κ2) is 47.8. The summed E-state index contributed by atoms with van der Waals surface area (Å²) in [6, 6.07) is 0. The van der Waals surface area contributed by atoms with E-state index in [1.165, 1.54) is 173 Å². The molecule has 3 N–H and O–H groups in total. The molecule has 0 aliphatic heterocycles. The van der Waals surface area contributed by atoms with Crippen molar-refractivity contribution in [2.75, 3.05) is 33.0 Å². The van der Waals surface area contributed by atoms with Gasteiger partial charge in [0.05, 0.1) is 19.8 Å². The van der Waals surface area contributed by atoms with Crippen LogP contribution in [0.25, 0.3) is 0 Å². The number of esters is 1. The van der Waals surface area contributed by atoms with E-state index >= 15 is 0 Å². The molecule has 348 valence electrons. The van der Waals surface area contributed by atoms with Crippen molar-refractivity contribution in [1.29, 1.82) is 0 Å². The average Bonchev–Trinajstić information content (AvgIpc) is 3.23. The molecule has 0 amide bonds. The van der Waals surface area contributed by atoms with Crippen molar-refractivity contribution in [3.63, 3.8) is 0 Å². The van der Waals surface area contributed by atoms with Gasteiger partial charge in [-0.3, -0.25) is 13.8 Å². The number of hydrogen-bond acceptors (Lipinski definition) is 7. The third-order valence-corrected chi connectivity index (χ3v) is 11.8. The maximum Gasteiger partial charge on any atom is 0.472 e. The van der Waals surface area contributed by atoms with Gasteiger partial charge in [0.25, 0.3) is 0 Å². The number of carbonyl (C=O) groups excluding carboxylic acids is 1. The van der Waals surface area contributed by atoms with E-state index in [-0.39, 0.29) is 32.3 Å². The van der Waals surface area contributed by atoms with Crippen molar-refractivity contribution < 1.29 is 32.8 Å². The Morgan fingerprint density at radius 3 is 1.34 bits per heavy atom. The van der Waals surface area contributed by atoms with Crippen molar-refractivity contribution in [2.24, 2.45) is 5.73 Å². The van der Waals surface area contributed by atoms with Gasteiger partial charge in [0.15, 0.2) is 0 Å². The fraction of sp³-hybridized carbons (Fsp3) is 0.860. The molecule has 0 saturated carbocycles. The number of nitrogens with two attached hydrogens (primary N) is 1. The fourth-order valence-electron chi connectivity index (χ4n) is 7.12. The highest BCUT2D eigenvalue weighted by Gasteiger charge is 2.25. The molecule has 0 spiro atoms. The molecule has 0 radical (unpaired) electrons. The number of phosphoric ester groups is 1. The van der Waals surface area contributed by atoms with E-state index in [0.717, 1.165) is 44.9 Å². The number of rotatable bonds is 48. The molecule has 0 rings (SSSR count). The van der Waals surface area contributed by atoms with Gasteiger partial charge in [0.2, 0.25) is 0 Å². The van der Waals surface area contributed by atoms with Gasteiger partial charge < -0.3 is 20.1 Å². The molecule has 0 saturated heterocycles. The quantitative estimate of drug-likeness (QED) is 0.0269. The van der Waals surface area contributed by atoms with Crippen LogP contribution in [0.15, 0.2) is 36.5 Å². The van der Waals surface area contributed by atoms with Crippen LogP contribution in [-0.4, -0.2) is 49.9 Å². The van der Waals surface area contributed by atoms with Crippen LogP contribution >= 0.6 is 7.82 Å². The standard InChI is InChI=1S/C50H96NO7P/c1-3-5-7-9-11-13-15-17-19-21-22-23-24-25-26-27-28-30-32-34-36-38-40-42-45-55-47-49(48-57-59(53,54)56-46-44-51)58-50(52)43-41-39-37-35-33-31-29-20-18-16-14-12-10-8-6-4-2/h15,17,21-22,24-25,49H,3-14,16,18-20,23,26-48,51H2,1-2H3,(H,53,54)/b17-15-,22-21-,25-24-. The fourth-order valence-corrected chi connectivity index (χ4v) is 7.89. The van der Waals surface area contributed by atoms with Crippen LogP contribution < -0.4 is 5.73 Å². The first-order chi connectivity index (χ1) is 28.9. The molecule has 0 aromatic carbocycles. The van der Waals surface area contributed by atoms with Gasteiger partial charge in [0, 0.05) is 19.6 Å². The maximum absolute atomic E-state index is 12.6. The second-order valence-corrected chi connectivity index (χ2v) is 18.1. The summed E-state index contributed by atoms with van der Waals surface area (Å²) in [5, 5.41) is 0. The van der Waals surface area contributed by atoms with E-state index < -0.39 is 13.9 Å². The molecule has 0 bridgehead atoms. The maximum atomic E-state index is 12.6. The monoisotopic (exact) mass is 854 g/mol. The van der Waals surface area contributed by atoms with Crippen LogP contribution in [0.3, 0.4) is 0 Å². The van der Waals surface area contributed by atoms with Crippen LogP contribution in [0.2, 0.25) is 0 Å². The number of allylic oxidation sites excluding steroid dienone is 6. The van der Waals surface area contributed by atoms with Crippen LogP contribution in [0.4, 0.5) is 0 Å². The minimum absolute atomic E-state index is 0.0954. The zero-order valence-corrected chi connectivity index (χ0v) is 39.6. The number of unbranched alkanes of at least 4 members (excludes halogenated alkanes) is 29. The summed E-state index contributed by atoms with van der Waals surface area (Å²) in [6.07, 6.45) is 56.0. The smallest absolute Gasteiger partial charge is 0.457 e. The third-order valence-electron chi connectivity index (χ3n) is 10.8. The van der Waals surface area contributed by atoms with E-state index in [2.05, 4.69) is 50.3 Å². The number of carbonyl (C=O) groups is 1. The summed E-state index contributed by atoms with van der Waals surface area (Å²) in [5.74, 6) is -0.329. The number of phosphoric acid groups is 1. The molecule has 0 aliphatic carbocycles. The second-order valence-electron chi connectivity index (χ2n) is 16.7. The van der Waals surface area contributed by atoms with E-state index in [1.54, 1.807) is 0 Å². The summed E-state index contributed by atoms with van der Waals surface area (Å²) in [6.45, 7) is 4.94. The van der Waals surface area contributed by atoms with Crippen molar-refractivity contribution in [2.45, 2.75) is 245 Å². The van der Waals surface area contributed by atoms with E-state index in [0.29, 0.717) is 13.0 Å². The third kappa shape index (κ3) is 47.6. The van der Waals surface area contributed by atoms with Crippen LogP contribution in [-0.2, 0) is 27.9 Å². The molecule has 0 fully saturated rings. The van der Waals surface area contributed by atoms with E-state index in [4.69, 9.17) is 24.3 Å². The van der Waals surface area contributed by atoms with Crippen LogP contribution in [0.5, 0.6) is 0 Å². The van der Waals surface area contributed by atoms with Gasteiger partial charge in [-0.25, -0.2) is 4.57 Å². The largest absolute Gasteiger partial charge is 0.472 e. The minimum Gasteiger partial charge on any atom is -0.457 e. The lowest BCUT2D eigenvalue weighted by Crippen LogP contribution is -2.28. The van der Waals surface area contributed by atoms with Gasteiger partial charge >= 0.3 is 13.8 Å². The highest BCUT2D eigenvalue weighted by Crippen LogP contribution is 2.43. The minimum atomic E-state index is -4.28. The predicted molar refractivity (Wildman–Crippen MR) is 252 cm³/mol. The molecule has 0 aliphatic rings. The lowest BCUT2D eigenvalue weighted by molar-refractivity contribution is -0.154. The van der Waals surface area contributed by atoms with Crippen LogP contribution in [0, 0.1) is 0 Å². The summed E-state index contributed by atoms with van der Waals surface area (Å²) in [4.78, 5) is 22.6. The Morgan fingerprint density at radius 1 is 0.508 bits per heavy atom. The first-order valence-corrected chi connectivity index (χ1v) is 26.5. The molecular weight excluding hydrogens is 758 g/mol. The van der Waals surface area contributed by atoms with Gasteiger partial charge in [-0.05, 0) is 51.4 Å². The van der Waals surface area contributed by atoms with Gasteiger partial charge in [-0.1, -0.05) is 217 Å². The summed E-state index contributed by atoms with van der Waals surface area (Å²) < 4.78 is 33.6. The molecule has 2 unspecified atom stereocenters. The highest BCUT2D eigenvalue weighted by atomic mass is 31.2. The Morgan fingerprint density at radius 2 is 0.898 bits per heavy atom. The zero-order valence-electron chi connectivity index (χ0n) is 38.7. The lowest BCUT2D eigenvalue weighted by atomic mass is 10.0. The molecule has 2 atom stereocenters. The molecule has 0 aromatic rings. The molecule has 59 heavy (non-hydrogen) atoms. The van der Waals surface area contributed by atoms with Crippen LogP contribution in [0.1, 0.15) is 239 Å². The Labute approximate surface area is 365 Å². The average molecular weight is 854 g/mol. The van der Waals surface area contributed by atoms with E-state index in [9.17, 15) is 14.3 Å². The van der Waals surface area contributed by atoms with Gasteiger partial charge in [-0.15, -0.1) is 0 Å². The summed E-state index contributed by atoms with van der Waals surface area (Å²) in [5.41, 5.74) is 5.38. The first kappa shape index (κ1) is 57.7. The Kier molecular flexibility index (Phi) is 46.7. The van der Waals surface area contributed by atoms with E-state index in [1.807, 2.05) is 0 Å². The highest BCUT2D eigenvalue weighted by molar-refractivity contribution is 7.47. The Hall–Kier alpha value is -1.28. The Balaban J connectivity index is 3.94. The Bertz CT molecular complexity index is 1000. The molecule has 8 nitrogen and oxygen atoms in total. The molecule has 9 heteroatoms. The molecular formula is C50H96NO7P. The predicted octanol–water partition coefficient (Wildman–Crippen LogP) is 15.4. The van der Waals surface area contributed by atoms with Crippen molar-refractivity contribution in [3.8, 4) is 0 Å². The summed E-state index contributed by atoms with van der Waals surface area (Å²) in [7, 11) is -4.28. The van der Waals surface area contributed by atoms with Gasteiger partial charge in [-0.2, -0.15) is 0 Å². The first-order valence-electron chi connectivity index (χ1n) is 25.0. The number of ether oxygens (including phenoxy) is 2. The van der Waals surface area contributed by atoms with Crippen molar-refractivity contribution in [1.82, 2.24) is 0 Å². The molecule has 0 aromatic heterocycles. The lowest BCUT2D eigenvalue weighted by Gasteiger charge is -2.20. The summed E-state index contributed by atoms with van der Waals surface area (Å²) >= 11 is 0. The normalized spacial score (nSPS) is 13.6. The zero-order chi connectivity index (χ0) is 43.0. The SMILES string of the molecule is CCCCCCC/C=C\C/C=C\C/C=C\CCCCCCCCCCCOCC(COP(=O)(O)OCCN)OC(=O)CCCCCCCCCCCCCCCCCC. The van der Waals surface area contributed by atoms with Crippen molar-refractivity contribution >= 4 is 13.8 Å². The topological polar surface area (TPSA) is 117 Å². The number of hydrogen-bond donors (Lipinski definition) is 2. The van der Waals surface area contributed by atoms with Crippen molar-refractivity contribution in [3.05, 3.63) is 36.5 Å². The molecule has 0 heterocycles.